The first-order valence-electron chi connectivity index (χ1n) is 9.41. The van der Waals surface area contributed by atoms with Gasteiger partial charge in [0.15, 0.2) is 5.13 Å². The first-order chi connectivity index (χ1) is 13.5. The third-order valence-electron chi connectivity index (χ3n) is 5.09. The van der Waals surface area contributed by atoms with E-state index < -0.39 is 0 Å². The summed E-state index contributed by atoms with van der Waals surface area (Å²) in [6.07, 6.45) is 0.843. The van der Waals surface area contributed by atoms with Gasteiger partial charge in [-0.3, -0.25) is 9.59 Å². The van der Waals surface area contributed by atoms with Crippen LogP contribution in [0.25, 0.3) is 0 Å². The Morgan fingerprint density at radius 1 is 1.21 bits per heavy atom. The van der Waals surface area contributed by atoms with Gasteiger partial charge in [0, 0.05) is 38.6 Å². The van der Waals surface area contributed by atoms with Gasteiger partial charge in [-0.05, 0) is 12.0 Å². The lowest BCUT2D eigenvalue weighted by atomic mass is 10.0. The molecule has 0 spiro atoms. The van der Waals surface area contributed by atoms with Gasteiger partial charge in [0.25, 0.3) is 5.91 Å². The molecular formula is C20H25IN4O2S. The summed E-state index contributed by atoms with van der Waals surface area (Å²) in [4.78, 5) is 35.3. The number of nitrogens with zero attached hydrogens (tertiary/aromatic N) is 4. The zero-order chi connectivity index (χ0) is 20.1. The quantitative estimate of drug-likeness (QED) is 0.440. The summed E-state index contributed by atoms with van der Waals surface area (Å²) in [5, 5.41) is 2.69. The van der Waals surface area contributed by atoms with E-state index in [4.69, 9.17) is 0 Å². The number of amides is 2. The molecule has 0 aliphatic carbocycles. The summed E-state index contributed by atoms with van der Waals surface area (Å²) >= 11 is 3.60. The predicted octanol–water partition coefficient (Wildman–Crippen LogP) is 3.45. The first-order valence-corrected chi connectivity index (χ1v) is 11.8. The van der Waals surface area contributed by atoms with Gasteiger partial charge in [0.2, 0.25) is 5.91 Å². The predicted molar refractivity (Wildman–Crippen MR) is 121 cm³/mol. The second-order valence-corrected chi connectivity index (χ2v) is 8.37. The van der Waals surface area contributed by atoms with Crippen LogP contribution in [0.2, 0.25) is 0 Å². The summed E-state index contributed by atoms with van der Waals surface area (Å²) in [7, 11) is 1.84. The highest BCUT2D eigenvalue weighted by molar-refractivity contribution is 14.1. The van der Waals surface area contributed by atoms with Crippen LogP contribution in [0.3, 0.4) is 0 Å². The van der Waals surface area contributed by atoms with Crippen LogP contribution in [0.1, 0.15) is 35.4 Å². The Morgan fingerprint density at radius 3 is 2.50 bits per heavy atom. The Hall–Kier alpha value is -1.68. The molecule has 1 fully saturated rings. The lowest BCUT2D eigenvalue weighted by molar-refractivity contribution is -0.128. The van der Waals surface area contributed by atoms with Crippen molar-refractivity contribution in [2.24, 2.45) is 0 Å². The van der Waals surface area contributed by atoms with E-state index in [-0.39, 0.29) is 17.9 Å². The molecule has 28 heavy (non-hydrogen) atoms. The molecule has 1 atom stereocenters. The Morgan fingerprint density at radius 2 is 1.89 bits per heavy atom. The average molecular weight is 512 g/mol. The molecular weight excluding hydrogens is 487 g/mol. The van der Waals surface area contributed by atoms with E-state index in [2.05, 4.69) is 51.5 Å². The van der Waals surface area contributed by atoms with Crippen LogP contribution in [0.15, 0.2) is 35.7 Å². The number of carbonyl (C=O) groups is 2. The highest BCUT2D eigenvalue weighted by Gasteiger charge is 2.26. The normalized spacial score (nSPS) is 15.4. The van der Waals surface area contributed by atoms with E-state index in [1.165, 1.54) is 11.3 Å². The van der Waals surface area contributed by atoms with Gasteiger partial charge in [-0.2, -0.15) is 0 Å². The molecule has 6 nitrogen and oxygen atoms in total. The molecule has 0 bridgehead atoms. The van der Waals surface area contributed by atoms with Crippen molar-refractivity contribution in [1.29, 1.82) is 0 Å². The van der Waals surface area contributed by atoms with Gasteiger partial charge >= 0.3 is 0 Å². The molecule has 0 N–H and O–H groups in total. The lowest BCUT2D eigenvalue weighted by Crippen LogP contribution is -2.49. The molecule has 0 radical (unpaired) electrons. The number of aromatic nitrogens is 1. The van der Waals surface area contributed by atoms with E-state index in [0.717, 1.165) is 30.2 Å². The minimum Gasteiger partial charge on any atom is -0.345 e. The minimum atomic E-state index is -0.0584. The molecule has 1 aliphatic rings. The number of carbonyl (C=O) groups excluding carboxylic acids is 2. The zero-order valence-electron chi connectivity index (χ0n) is 16.2. The van der Waals surface area contributed by atoms with E-state index >= 15 is 0 Å². The largest absolute Gasteiger partial charge is 0.345 e. The van der Waals surface area contributed by atoms with Crippen LogP contribution in [0, 0.1) is 0 Å². The molecule has 1 saturated heterocycles. The van der Waals surface area contributed by atoms with E-state index in [1.54, 1.807) is 4.90 Å². The van der Waals surface area contributed by atoms with Gasteiger partial charge in [-0.1, -0.05) is 59.8 Å². The summed E-state index contributed by atoms with van der Waals surface area (Å²) in [5.41, 5.74) is 1.62. The molecule has 1 unspecified atom stereocenters. The van der Waals surface area contributed by atoms with Gasteiger partial charge in [0.05, 0.1) is 10.5 Å². The molecule has 1 aliphatic heterocycles. The minimum absolute atomic E-state index is 0.0293. The fraction of sp³-hybridized carbons (Fsp3) is 0.450. The van der Waals surface area contributed by atoms with E-state index in [1.807, 2.05) is 35.5 Å². The monoisotopic (exact) mass is 512 g/mol. The maximum Gasteiger partial charge on any atom is 0.273 e. The lowest BCUT2D eigenvalue weighted by Gasteiger charge is -2.34. The second-order valence-electron chi connectivity index (χ2n) is 6.77. The number of alkyl halides is 1. The van der Waals surface area contributed by atoms with E-state index in [0.29, 0.717) is 23.2 Å². The van der Waals surface area contributed by atoms with Gasteiger partial charge in [-0.25, -0.2) is 4.98 Å². The molecule has 8 heteroatoms. The van der Waals surface area contributed by atoms with E-state index in [9.17, 15) is 9.59 Å². The summed E-state index contributed by atoms with van der Waals surface area (Å²) in [5.74, 6) is 0.125. The van der Waals surface area contributed by atoms with Crippen molar-refractivity contribution < 1.29 is 9.59 Å². The summed E-state index contributed by atoms with van der Waals surface area (Å²) in [6, 6.07) is 10.1. The number of thiazole rings is 1. The second kappa shape index (κ2) is 9.69. The third kappa shape index (κ3) is 4.65. The topological polar surface area (TPSA) is 56.8 Å². The molecule has 0 saturated carbocycles. The standard InChI is InChI=1S/C20H25IN4O2S/c1-3-17(15-7-5-4-6-8-15)23(2)19(27)16-14-28-20(22-16)25-11-9-24(10-12-25)18(26)13-21/h4-8,14,17H,3,9-13H2,1-2H3. The zero-order valence-corrected chi connectivity index (χ0v) is 19.1. The van der Waals surface area contributed by atoms with Crippen molar-refractivity contribution in [2.75, 3.05) is 42.6 Å². The Kier molecular flexibility index (Phi) is 7.28. The van der Waals surface area contributed by atoms with Crippen molar-refractivity contribution in [3.63, 3.8) is 0 Å². The van der Waals surface area contributed by atoms with Crippen molar-refractivity contribution >= 4 is 50.9 Å². The summed E-state index contributed by atoms with van der Waals surface area (Å²) in [6.45, 7) is 5.00. The first kappa shape index (κ1) is 21.0. The SMILES string of the molecule is CCC(c1ccccc1)N(C)C(=O)c1csc(N2CCN(C(=O)CI)CC2)n1. The Labute approximate surface area is 183 Å². The fourth-order valence-corrected chi connectivity index (χ4v) is 4.81. The van der Waals surface area contributed by atoms with Crippen molar-refractivity contribution in [2.45, 2.75) is 19.4 Å². The molecule has 1 aromatic heterocycles. The van der Waals surface area contributed by atoms with Gasteiger partial charge < -0.3 is 14.7 Å². The highest BCUT2D eigenvalue weighted by atomic mass is 127. The maximum absolute atomic E-state index is 13.0. The Bertz CT molecular complexity index is 806. The third-order valence-corrected chi connectivity index (χ3v) is 6.64. The number of piperazine rings is 1. The average Bonchev–Trinajstić information content (AvgIpc) is 3.24. The molecule has 2 heterocycles. The van der Waals surface area contributed by atoms with Crippen molar-refractivity contribution in [1.82, 2.24) is 14.8 Å². The maximum atomic E-state index is 13.0. The number of rotatable bonds is 6. The molecule has 2 aromatic rings. The number of hydrogen-bond donors (Lipinski definition) is 0. The summed E-state index contributed by atoms with van der Waals surface area (Å²) < 4.78 is 0.514. The highest BCUT2D eigenvalue weighted by Crippen LogP contribution is 2.27. The molecule has 2 amide bonds. The molecule has 1 aromatic carbocycles. The van der Waals surface area contributed by atoms with Crippen LogP contribution in [0.4, 0.5) is 5.13 Å². The fourth-order valence-electron chi connectivity index (χ4n) is 3.47. The van der Waals surface area contributed by atoms with Crippen LogP contribution in [0.5, 0.6) is 0 Å². The Balaban J connectivity index is 1.66. The number of hydrogen-bond acceptors (Lipinski definition) is 5. The van der Waals surface area contributed by atoms with Gasteiger partial charge in [-0.15, -0.1) is 11.3 Å². The van der Waals surface area contributed by atoms with Crippen molar-refractivity contribution in [3.05, 3.63) is 47.0 Å². The number of halogens is 1. The number of anilines is 1. The van der Waals surface area contributed by atoms with Crippen LogP contribution in [-0.2, 0) is 4.79 Å². The molecule has 150 valence electrons. The number of benzene rings is 1. The van der Waals surface area contributed by atoms with Crippen molar-refractivity contribution in [3.8, 4) is 0 Å². The van der Waals surface area contributed by atoms with Gasteiger partial charge in [0.1, 0.15) is 5.69 Å². The molecule has 3 rings (SSSR count). The smallest absolute Gasteiger partial charge is 0.273 e. The van der Waals surface area contributed by atoms with Crippen LogP contribution >= 0.6 is 33.9 Å². The van der Waals surface area contributed by atoms with Crippen LogP contribution < -0.4 is 4.90 Å². The van der Waals surface area contributed by atoms with Crippen LogP contribution in [-0.4, -0.2) is 64.3 Å².